The van der Waals surface area contributed by atoms with E-state index in [4.69, 9.17) is 0 Å². The predicted molar refractivity (Wildman–Crippen MR) is 93.8 cm³/mol. The summed E-state index contributed by atoms with van der Waals surface area (Å²) in [6, 6.07) is 2.90. The summed E-state index contributed by atoms with van der Waals surface area (Å²) in [7, 11) is -0.901. The Morgan fingerprint density at radius 2 is 1.21 bits per heavy atom. The van der Waals surface area contributed by atoms with Crippen LogP contribution in [0.15, 0.2) is 12.2 Å². The molecule has 0 spiro atoms. The fourth-order valence-electron chi connectivity index (χ4n) is 2.63. The Kier molecular flexibility index (Phi) is 12.9. The molecule has 0 unspecified atom stereocenters. The van der Waals surface area contributed by atoms with Crippen LogP contribution in [0.25, 0.3) is 0 Å². The Labute approximate surface area is 124 Å². The van der Waals surface area contributed by atoms with Crippen molar-refractivity contribution in [2.24, 2.45) is 0 Å². The highest BCUT2D eigenvalue weighted by molar-refractivity contribution is 6.77. The van der Waals surface area contributed by atoms with Crippen molar-refractivity contribution in [3.8, 4) is 0 Å². The predicted octanol–water partition coefficient (Wildman–Crippen LogP) is 7.19. The van der Waals surface area contributed by atoms with Gasteiger partial charge in [0.25, 0.3) is 0 Å². The summed E-state index contributed by atoms with van der Waals surface area (Å²) in [4.78, 5) is 0. The van der Waals surface area contributed by atoms with Gasteiger partial charge in [-0.3, -0.25) is 0 Å². The molecule has 0 aromatic rings. The molecule has 0 N–H and O–H groups in total. The summed E-state index contributed by atoms with van der Waals surface area (Å²) in [5.74, 6) is 0. The maximum Gasteiger partial charge on any atom is 0.0511 e. The molecule has 0 aliphatic rings. The van der Waals surface area contributed by atoms with Crippen LogP contribution in [0.5, 0.6) is 0 Å². The highest BCUT2D eigenvalue weighted by Crippen LogP contribution is 2.20. The van der Waals surface area contributed by atoms with Gasteiger partial charge in [-0.15, -0.1) is 0 Å². The first-order valence-electron chi connectivity index (χ1n) is 8.73. The third-order valence-corrected chi connectivity index (χ3v) is 7.16. The second-order valence-electron chi connectivity index (χ2n) is 6.87. The molecule has 1 heteroatoms. The molecule has 114 valence electrons. The molecule has 0 nitrogen and oxygen atoms in total. The minimum Gasteiger partial charge on any atom is -0.0919 e. The van der Waals surface area contributed by atoms with E-state index in [-0.39, 0.29) is 0 Å². The summed E-state index contributed by atoms with van der Waals surface area (Å²) in [5, 5.41) is 0. The number of rotatable bonds is 13. The lowest BCUT2D eigenvalue weighted by molar-refractivity contribution is 0.561. The van der Waals surface area contributed by atoms with Crippen LogP contribution in [0.4, 0.5) is 0 Å². The summed E-state index contributed by atoms with van der Waals surface area (Å²) in [6.07, 6.45) is 19.2. The highest BCUT2D eigenvalue weighted by atomic mass is 28.3. The van der Waals surface area contributed by atoms with Crippen LogP contribution in [-0.4, -0.2) is 8.07 Å². The van der Waals surface area contributed by atoms with Gasteiger partial charge in [-0.05, 0) is 13.0 Å². The number of allylic oxidation sites excluding steroid dienone is 2. The topological polar surface area (TPSA) is 0 Å². The van der Waals surface area contributed by atoms with E-state index < -0.39 is 8.07 Å². The molecular formula is C18H38Si. The van der Waals surface area contributed by atoms with Gasteiger partial charge in [0.05, 0.1) is 8.07 Å². The molecule has 0 saturated carbocycles. The first kappa shape index (κ1) is 19.0. The molecule has 0 fully saturated rings. The third-order valence-electron chi connectivity index (χ3n) is 4.11. The maximum atomic E-state index is 2.54. The zero-order chi connectivity index (χ0) is 14.4. The smallest absolute Gasteiger partial charge is 0.0511 e. The van der Waals surface area contributed by atoms with E-state index in [1.54, 1.807) is 0 Å². The largest absolute Gasteiger partial charge is 0.0919 e. The second-order valence-corrected chi connectivity index (χ2v) is 12.1. The SMILES string of the molecule is CC=CC[Si](C)(C)CCCCCCCCCCCC. The monoisotopic (exact) mass is 282 g/mol. The molecule has 0 radical (unpaired) electrons. The van der Waals surface area contributed by atoms with E-state index in [1.165, 1.54) is 76.3 Å². The third kappa shape index (κ3) is 14.2. The van der Waals surface area contributed by atoms with Gasteiger partial charge in [-0.1, -0.05) is 102 Å². The Balaban J connectivity index is 3.26. The molecule has 0 amide bonds. The average Bonchev–Trinajstić information content (AvgIpc) is 2.38. The molecule has 0 aliphatic heterocycles. The normalized spacial score (nSPS) is 12.4. The standard InChI is InChI=1S/C18H38Si/c1-5-7-9-10-11-12-13-14-15-16-18-19(3,4)17-8-6-2/h6,8H,5,7,9-18H2,1-4H3. The van der Waals surface area contributed by atoms with Crippen molar-refractivity contribution in [1.29, 1.82) is 0 Å². The van der Waals surface area contributed by atoms with Crippen molar-refractivity contribution < 1.29 is 0 Å². The van der Waals surface area contributed by atoms with Crippen LogP contribution in [0.1, 0.15) is 78.1 Å². The molecule has 0 aromatic carbocycles. The summed E-state index contributed by atoms with van der Waals surface area (Å²) in [5.41, 5.74) is 0. The van der Waals surface area contributed by atoms with Gasteiger partial charge in [0, 0.05) is 0 Å². The first-order chi connectivity index (χ1) is 9.12. The number of unbranched alkanes of at least 4 members (excludes halogenated alkanes) is 9. The molecule has 0 rings (SSSR count). The molecule has 0 heterocycles. The van der Waals surface area contributed by atoms with Crippen LogP contribution in [0.3, 0.4) is 0 Å². The molecule has 0 aromatic heterocycles. The van der Waals surface area contributed by atoms with E-state index in [9.17, 15) is 0 Å². The van der Waals surface area contributed by atoms with Crippen LogP contribution >= 0.6 is 0 Å². The molecule has 0 bridgehead atoms. The Morgan fingerprint density at radius 3 is 1.68 bits per heavy atom. The summed E-state index contributed by atoms with van der Waals surface area (Å²) < 4.78 is 0. The lowest BCUT2D eigenvalue weighted by Gasteiger charge is -2.20. The van der Waals surface area contributed by atoms with Gasteiger partial charge in [0.15, 0.2) is 0 Å². The quantitative estimate of drug-likeness (QED) is 0.190. The van der Waals surface area contributed by atoms with Gasteiger partial charge in [0.1, 0.15) is 0 Å². The molecule has 0 aliphatic carbocycles. The fraction of sp³-hybridized carbons (Fsp3) is 0.889. The molecular weight excluding hydrogens is 244 g/mol. The highest BCUT2D eigenvalue weighted by Gasteiger charge is 2.17. The Morgan fingerprint density at radius 1 is 0.737 bits per heavy atom. The van der Waals surface area contributed by atoms with Gasteiger partial charge in [-0.2, -0.15) is 0 Å². The summed E-state index contributed by atoms with van der Waals surface area (Å²) >= 11 is 0. The maximum absolute atomic E-state index is 2.54. The number of hydrogen-bond acceptors (Lipinski definition) is 0. The van der Waals surface area contributed by atoms with Crippen molar-refractivity contribution in [3.05, 3.63) is 12.2 Å². The van der Waals surface area contributed by atoms with E-state index in [2.05, 4.69) is 39.1 Å². The lowest BCUT2D eigenvalue weighted by atomic mass is 10.1. The van der Waals surface area contributed by atoms with Gasteiger partial charge in [0.2, 0.25) is 0 Å². The van der Waals surface area contributed by atoms with E-state index in [0.717, 1.165) is 0 Å². The van der Waals surface area contributed by atoms with Gasteiger partial charge in [-0.25, -0.2) is 0 Å². The first-order valence-corrected chi connectivity index (χ1v) is 12.1. The van der Waals surface area contributed by atoms with Crippen molar-refractivity contribution in [2.75, 3.05) is 0 Å². The van der Waals surface area contributed by atoms with Crippen molar-refractivity contribution in [1.82, 2.24) is 0 Å². The minimum absolute atomic E-state index is 0.901. The van der Waals surface area contributed by atoms with Crippen molar-refractivity contribution in [2.45, 2.75) is 103 Å². The van der Waals surface area contributed by atoms with Crippen LogP contribution < -0.4 is 0 Å². The molecule has 0 atom stereocenters. The van der Waals surface area contributed by atoms with Crippen LogP contribution in [-0.2, 0) is 0 Å². The second kappa shape index (κ2) is 13.0. The van der Waals surface area contributed by atoms with E-state index >= 15 is 0 Å². The van der Waals surface area contributed by atoms with E-state index in [1.807, 2.05) is 0 Å². The van der Waals surface area contributed by atoms with E-state index in [0.29, 0.717) is 0 Å². The average molecular weight is 283 g/mol. The van der Waals surface area contributed by atoms with Gasteiger partial charge < -0.3 is 0 Å². The lowest BCUT2D eigenvalue weighted by Crippen LogP contribution is -2.23. The zero-order valence-corrected chi connectivity index (χ0v) is 15.1. The van der Waals surface area contributed by atoms with Crippen molar-refractivity contribution >= 4 is 8.07 Å². The molecule has 19 heavy (non-hydrogen) atoms. The Bertz CT molecular complexity index is 206. The van der Waals surface area contributed by atoms with Crippen molar-refractivity contribution in [3.63, 3.8) is 0 Å². The van der Waals surface area contributed by atoms with Crippen LogP contribution in [0, 0.1) is 0 Å². The zero-order valence-electron chi connectivity index (χ0n) is 14.1. The molecule has 0 saturated heterocycles. The number of hydrogen-bond donors (Lipinski definition) is 0. The van der Waals surface area contributed by atoms with Gasteiger partial charge >= 0.3 is 0 Å². The Hall–Kier alpha value is -0.0431. The summed E-state index contributed by atoms with van der Waals surface area (Å²) in [6.45, 7) is 9.52. The fourth-order valence-corrected chi connectivity index (χ4v) is 4.91. The minimum atomic E-state index is -0.901. The van der Waals surface area contributed by atoms with Crippen LogP contribution in [0.2, 0.25) is 25.2 Å².